The number of rotatable bonds is 4. The molecule has 0 bridgehead atoms. The van der Waals surface area contributed by atoms with E-state index in [2.05, 4.69) is 5.32 Å². The van der Waals surface area contributed by atoms with Gasteiger partial charge < -0.3 is 21.5 Å². The molecule has 0 aromatic heterocycles. The molecule has 2 aromatic carbocycles. The molecular formula is C14H14ClN3O2. The number of methoxy groups -OCH3 is 1. The molecule has 5 N–H and O–H groups in total. The maximum absolute atomic E-state index is 11.4. The fourth-order valence-corrected chi connectivity index (χ4v) is 1.91. The fraction of sp³-hybridized carbons (Fsp3) is 0.0714. The minimum absolute atomic E-state index is 0.295. The Morgan fingerprint density at radius 3 is 2.60 bits per heavy atom. The highest BCUT2D eigenvalue weighted by atomic mass is 35.5. The van der Waals surface area contributed by atoms with Gasteiger partial charge in [-0.15, -0.1) is 0 Å². The molecule has 2 aromatic rings. The van der Waals surface area contributed by atoms with Crippen molar-refractivity contribution in [2.45, 2.75) is 0 Å². The average Bonchev–Trinajstić information content (AvgIpc) is 2.42. The molecule has 0 saturated heterocycles. The Morgan fingerprint density at radius 2 is 1.95 bits per heavy atom. The number of nitrogens with one attached hydrogen (secondary N) is 1. The van der Waals surface area contributed by atoms with E-state index in [0.29, 0.717) is 33.4 Å². The Kier molecular flexibility index (Phi) is 4.00. The number of benzene rings is 2. The molecule has 0 heterocycles. The molecule has 2 rings (SSSR count). The zero-order chi connectivity index (χ0) is 14.7. The monoisotopic (exact) mass is 291 g/mol. The quantitative estimate of drug-likeness (QED) is 0.756. The highest BCUT2D eigenvalue weighted by molar-refractivity contribution is 6.33. The third kappa shape index (κ3) is 2.95. The molecule has 6 heteroatoms. The van der Waals surface area contributed by atoms with Crippen molar-refractivity contribution in [3.63, 3.8) is 0 Å². The van der Waals surface area contributed by atoms with Crippen LogP contribution in [0.25, 0.3) is 0 Å². The van der Waals surface area contributed by atoms with Crippen LogP contribution in [0.2, 0.25) is 5.02 Å². The van der Waals surface area contributed by atoms with E-state index in [-0.39, 0.29) is 0 Å². The van der Waals surface area contributed by atoms with Crippen molar-refractivity contribution in [3.8, 4) is 5.75 Å². The molecule has 104 valence electrons. The first-order chi connectivity index (χ1) is 9.51. The van der Waals surface area contributed by atoms with Crippen molar-refractivity contribution in [1.82, 2.24) is 0 Å². The van der Waals surface area contributed by atoms with Crippen LogP contribution < -0.4 is 21.5 Å². The van der Waals surface area contributed by atoms with Crippen LogP contribution in [0.5, 0.6) is 5.75 Å². The summed E-state index contributed by atoms with van der Waals surface area (Å²) in [4.78, 5) is 11.4. The number of carbonyl (C=O) groups is 1. The number of hydrogen-bond donors (Lipinski definition) is 3. The Labute approximate surface area is 121 Å². The van der Waals surface area contributed by atoms with E-state index in [1.165, 1.54) is 6.07 Å². The summed E-state index contributed by atoms with van der Waals surface area (Å²) in [6.45, 7) is 0. The van der Waals surface area contributed by atoms with E-state index in [4.69, 9.17) is 27.8 Å². The van der Waals surface area contributed by atoms with Crippen LogP contribution >= 0.6 is 11.6 Å². The molecular weight excluding hydrogens is 278 g/mol. The van der Waals surface area contributed by atoms with Gasteiger partial charge in [0.15, 0.2) is 0 Å². The molecule has 0 fully saturated rings. The van der Waals surface area contributed by atoms with Crippen LogP contribution in [-0.4, -0.2) is 13.0 Å². The molecule has 0 spiro atoms. The predicted molar refractivity (Wildman–Crippen MR) is 80.7 cm³/mol. The average molecular weight is 292 g/mol. The zero-order valence-electron chi connectivity index (χ0n) is 10.8. The first-order valence-electron chi connectivity index (χ1n) is 5.81. The molecule has 0 aliphatic carbocycles. The van der Waals surface area contributed by atoms with Crippen molar-refractivity contribution < 1.29 is 9.53 Å². The number of halogens is 1. The lowest BCUT2D eigenvalue weighted by atomic mass is 10.1. The van der Waals surface area contributed by atoms with E-state index in [1.807, 2.05) is 0 Å². The largest absolute Gasteiger partial charge is 0.497 e. The van der Waals surface area contributed by atoms with Crippen LogP contribution in [0, 0.1) is 0 Å². The number of hydrogen-bond acceptors (Lipinski definition) is 4. The molecule has 20 heavy (non-hydrogen) atoms. The lowest BCUT2D eigenvalue weighted by Crippen LogP contribution is -2.13. The number of carbonyl (C=O) groups excluding carboxylic acids is 1. The van der Waals surface area contributed by atoms with Gasteiger partial charge in [0.25, 0.3) is 5.91 Å². The first kappa shape index (κ1) is 14.0. The van der Waals surface area contributed by atoms with Crippen molar-refractivity contribution in [1.29, 1.82) is 0 Å². The predicted octanol–water partition coefficient (Wildman–Crippen LogP) is 2.77. The van der Waals surface area contributed by atoms with Gasteiger partial charge in [0.2, 0.25) is 0 Å². The lowest BCUT2D eigenvalue weighted by molar-refractivity contribution is 0.100. The smallest absolute Gasteiger partial charge is 0.250 e. The van der Waals surface area contributed by atoms with Gasteiger partial charge in [0.1, 0.15) is 5.75 Å². The SMILES string of the molecule is COc1ccc(Cl)c(Nc2ccc(N)cc2C(N)=O)c1. The summed E-state index contributed by atoms with van der Waals surface area (Å²) in [5.74, 6) is 0.0757. The number of primary amides is 1. The van der Waals surface area contributed by atoms with Gasteiger partial charge in [0, 0.05) is 11.8 Å². The minimum atomic E-state index is -0.571. The molecule has 5 nitrogen and oxygen atoms in total. The van der Waals surface area contributed by atoms with Crippen molar-refractivity contribution in [2.24, 2.45) is 5.73 Å². The number of ether oxygens (including phenoxy) is 1. The third-order valence-corrected chi connectivity index (χ3v) is 3.08. The molecule has 0 saturated carbocycles. The minimum Gasteiger partial charge on any atom is -0.497 e. The molecule has 0 radical (unpaired) electrons. The van der Waals surface area contributed by atoms with Crippen molar-refractivity contribution in [2.75, 3.05) is 18.2 Å². The molecule has 1 amide bonds. The van der Waals surface area contributed by atoms with Crippen LogP contribution in [0.3, 0.4) is 0 Å². The van der Waals surface area contributed by atoms with Crippen molar-refractivity contribution in [3.05, 3.63) is 47.0 Å². The third-order valence-electron chi connectivity index (χ3n) is 2.75. The first-order valence-corrected chi connectivity index (χ1v) is 6.19. The number of nitrogens with two attached hydrogens (primary N) is 2. The summed E-state index contributed by atoms with van der Waals surface area (Å²) in [6, 6.07) is 10.0. The highest BCUT2D eigenvalue weighted by Crippen LogP contribution is 2.31. The maximum atomic E-state index is 11.4. The Balaban J connectivity index is 2.42. The lowest BCUT2D eigenvalue weighted by Gasteiger charge is -2.13. The van der Waals surface area contributed by atoms with Crippen LogP contribution in [0.15, 0.2) is 36.4 Å². The van der Waals surface area contributed by atoms with Crippen LogP contribution in [-0.2, 0) is 0 Å². The normalized spacial score (nSPS) is 10.1. The van der Waals surface area contributed by atoms with Crippen molar-refractivity contribution >= 4 is 34.6 Å². The number of amides is 1. The van der Waals surface area contributed by atoms with Crippen LogP contribution in [0.4, 0.5) is 17.1 Å². The van der Waals surface area contributed by atoms with Gasteiger partial charge in [0.05, 0.1) is 29.1 Å². The van der Waals surface area contributed by atoms with Crippen LogP contribution in [0.1, 0.15) is 10.4 Å². The summed E-state index contributed by atoms with van der Waals surface area (Å²) in [7, 11) is 1.56. The second kappa shape index (κ2) is 5.71. The number of nitrogen functional groups attached to an aromatic ring is 1. The summed E-state index contributed by atoms with van der Waals surface area (Å²) in [5.41, 5.74) is 12.9. The standard InChI is InChI=1S/C14H14ClN3O2/c1-20-9-3-4-11(15)13(7-9)18-12-5-2-8(16)6-10(12)14(17)19/h2-7,18H,16H2,1H3,(H2,17,19). The maximum Gasteiger partial charge on any atom is 0.250 e. The molecule has 0 atom stereocenters. The van der Waals surface area contributed by atoms with Gasteiger partial charge in [-0.25, -0.2) is 0 Å². The van der Waals surface area contributed by atoms with E-state index in [9.17, 15) is 4.79 Å². The second-order valence-electron chi connectivity index (χ2n) is 4.14. The van der Waals surface area contributed by atoms with Gasteiger partial charge >= 0.3 is 0 Å². The summed E-state index contributed by atoms with van der Waals surface area (Å²) < 4.78 is 5.13. The van der Waals surface area contributed by atoms with Gasteiger partial charge in [-0.1, -0.05) is 11.6 Å². The van der Waals surface area contributed by atoms with Gasteiger partial charge in [-0.05, 0) is 30.3 Å². The van der Waals surface area contributed by atoms with Gasteiger partial charge in [-0.3, -0.25) is 4.79 Å². The Hall–Kier alpha value is -2.40. The van der Waals surface area contributed by atoms with E-state index >= 15 is 0 Å². The van der Waals surface area contributed by atoms with E-state index in [0.717, 1.165) is 0 Å². The molecule has 0 unspecified atom stereocenters. The Bertz CT molecular complexity index is 659. The summed E-state index contributed by atoms with van der Waals surface area (Å²) in [5, 5.41) is 3.55. The van der Waals surface area contributed by atoms with E-state index in [1.54, 1.807) is 37.4 Å². The van der Waals surface area contributed by atoms with E-state index < -0.39 is 5.91 Å². The van der Waals surface area contributed by atoms with Gasteiger partial charge in [-0.2, -0.15) is 0 Å². The number of anilines is 3. The molecule has 0 aliphatic rings. The fourth-order valence-electron chi connectivity index (χ4n) is 1.75. The Morgan fingerprint density at radius 1 is 1.20 bits per heavy atom. The zero-order valence-corrected chi connectivity index (χ0v) is 11.6. The summed E-state index contributed by atoms with van der Waals surface area (Å²) in [6.07, 6.45) is 0. The summed E-state index contributed by atoms with van der Waals surface area (Å²) >= 11 is 6.11. The topological polar surface area (TPSA) is 90.4 Å². The highest BCUT2D eigenvalue weighted by Gasteiger charge is 2.11. The molecule has 0 aliphatic heterocycles. The second-order valence-corrected chi connectivity index (χ2v) is 4.55.